The van der Waals surface area contributed by atoms with E-state index in [2.05, 4.69) is 32.5 Å². The number of nitrogens with one attached hydrogen (secondary N) is 1. The number of hydrogen-bond donors (Lipinski definition) is 1. The molecular formula is C26H26ClN7O. The Kier molecular flexibility index (Phi) is 6.03. The molecule has 9 heteroatoms. The fraction of sp³-hybridized carbons (Fsp3) is 0.346. The molecule has 1 aromatic carbocycles. The Balaban J connectivity index is 1.55. The standard InChI is InChI=1S/C26H26ClN7O/c1-16-23(17(2)35-33-16)19-4-5-22-21(11-19)24(30-13-18-10-20(27)14-29-12-18)32-25(31-22)34-8-6-26(3,15-28)7-9-34/h4-5,10-12,14H,6-9,13H2,1-3H3,(H,30,31,32). The number of aromatic nitrogens is 4. The molecule has 35 heavy (non-hydrogen) atoms. The number of piperidine rings is 1. The van der Waals surface area contributed by atoms with E-state index in [1.807, 2.05) is 39.0 Å². The Morgan fingerprint density at radius 2 is 1.97 bits per heavy atom. The van der Waals surface area contributed by atoms with E-state index >= 15 is 0 Å². The normalized spacial score (nSPS) is 15.2. The van der Waals surface area contributed by atoms with Gasteiger partial charge in [0, 0.05) is 43.0 Å². The predicted octanol–water partition coefficient (Wildman–Crippen LogP) is 5.69. The molecule has 5 rings (SSSR count). The van der Waals surface area contributed by atoms with Gasteiger partial charge in [0.1, 0.15) is 11.6 Å². The van der Waals surface area contributed by atoms with Crippen molar-refractivity contribution >= 4 is 34.3 Å². The number of hydrogen-bond acceptors (Lipinski definition) is 8. The zero-order valence-corrected chi connectivity index (χ0v) is 20.7. The fourth-order valence-corrected chi connectivity index (χ4v) is 4.69. The van der Waals surface area contributed by atoms with Crippen LogP contribution < -0.4 is 10.2 Å². The third-order valence-electron chi connectivity index (χ3n) is 6.65. The van der Waals surface area contributed by atoms with E-state index < -0.39 is 0 Å². The molecule has 1 N–H and O–H groups in total. The van der Waals surface area contributed by atoms with Gasteiger partial charge in [-0.2, -0.15) is 10.2 Å². The van der Waals surface area contributed by atoms with E-state index in [-0.39, 0.29) is 5.41 Å². The summed E-state index contributed by atoms with van der Waals surface area (Å²) in [6.07, 6.45) is 4.97. The molecule has 178 valence electrons. The number of benzene rings is 1. The summed E-state index contributed by atoms with van der Waals surface area (Å²) >= 11 is 6.13. The maximum atomic E-state index is 9.50. The Labute approximate surface area is 209 Å². The third kappa shape index (κ3) is 4.64. The number of nitrogens with zero attached hydrogens (tertiary/aromatic N) is 6. The maximum Gasteiger partial charge on any atom is 0.227 e. The summed E-state index contributed by atoms with van der Waals surface area (Å²) < 4.78 is 5.39. The lowest BCUT2D eigenvalue weighted by Gasteiger charge is -2.35. The van der Waals surface area contributed by atoms with Crippen molar-refractivity contribution in [3.63, 3.8) is 0 Å². The Morgan fingerprint density at radius 3 is 2.66 bits per heavy atom. The summed E-state index contributed by atoms with van der Waals surface area (Å²) in [5.41, 5.74) is 4.32. The first-order valence-electron chi connectivity index (χ1n) is 11.6. The largest absolute Gasteiger partial charge is 0.365 e. The number of aryl methyl sites for hydroxylation is 2. The van der Waals surface area contributed by atoms with Crippen molar-refractivity contribution in [3.05, 3.63) is 58.7 Å². The second-order valence-electron chi connectivity index (χ2n) is 9.33. The minimum atomic E-state index is -0.294. The highest BCUT2D eigenvalue weighted by atomic mass is 35.5. The molecular weight excluding hydrogens is 462 g/mol. The molecule has 0 radical (unpaired) electrons. The number of rotatable bonds is 5. The van der Waals surface area contributed by atoms with E-state index in [4.69, 9.17) is 26.1 Å². The minimum Gasteiger partial charge on any atom is -0.365 e. The van der Waals surface area contributed by atoms with Crippen LogP contribution in [-0.2, 0) is 6.54 Å². The maximum absolute atomic E-state index is 9.50. The Morgan fingerprint density at radius 1 is 1.17 bits per heavy atom. The molecule has 0 unspecified atom stereocenters. The topological polar surface area (TPSA) is 104 Å². The molecule has 0 bridgehead atoms. The highest BCUT2D eigenvalue weighted by Crippen LogP contribution is 2.35. The van der Waals surface area contributed by atoms with E-state index in [9.17, 15) is 5.26 Å². The summed E-state index contributed by atoms with van der Waals surface area (Å²) in [7, 11) is 0. The average molecular weight is 488 g/mol. The second-order valence-corrected chi connectivity index (χ2v) is 9.76. The molecule has 8 nitrogen and oxygen atoms in total. The van der Waals surface area contributed by atoms with Crippen molar-refractivity contribution in [2.24, 2.45) is 5.41 Å². The molecule has 0 aliphatic carbocycles. The molecule has 1 aliphatic rings. The van der Waals surface area contributed by atoms with Gasteiger partial charge in [-0.3, -0.25) is 4.98 Å². The number of fused-ring (bicyclic) bond motifs is 1. The van der Waals surface area contributed by atoms with Crippen LogP contribution in [0.2, 0.25) is 5.02 Å². The van der Waals surface area contributed by atoms with Crippen LogP contribution in [-0.4, -0.2) is 33.2 Å². The first-order valence-corrected chi connectivity index (χ1v) is 12.0. The molecule has 3 aromatic heterocycles. The van der Waals surface area contributed by atoms with E-state index in [0.717, 1.165) is 70.8 Å². The van der Waals surface area contributed by atoms with Crippen LogP contribution >= 0.6 is 11.6 Å². The van der Waals surface area contributed by atoms with Crippen molar-refractivity contribution in [3.8, 4) is 17.2 Å². The second kappa shape index (κ2) is 9.16. The highest BCUT2D eigenvalue weighted by Gasteiger charge is 2.31. The van der Waals surface area contributed by atoms with Gasteiger partial charge in [0.25, 0.3) is 0 Å². The number of nitriles is 1. The lowest BCUT2D eigenvalue weighted by molar-refractivity contribution is 0.335. The van der Waals surface area contributed by atoms with Gasteiger partial charge in [0.15, 0.2) is 0 Å². The van der Waals surface area contributed by atoms with Crippen LogP contribution in [0.3, 0.4) is 0 Å². The highest BCUT2D eigenvalue weighted by molar-refractivity contribution is 6.30. The van der Waals surface area contributed by atoms with Gasteiger partial charge in [-0.25, -0.2) is 4.98 Å². The first-order chi connectivity index (χ1) is 16.8. The quantitative estimate of drug-likeness (QED) is 0.382. The van der Waals surface area contributed by atoms with Gasteiger partial charge in [0.05, 0.1) is 27.7 Å². The molecule has 4 heterocycles. The van der Waals surface area contributed by atoms with Crippen molar-refractivity contribution in [2.45, 2.75) is 40.2 Å². The SMILES string of the molecule is Cc1noc(C)c1-c1ccc2nc(N3CCC(C)(C#N)CC3)nc(NCc3cncc(Cl)c3)c2c1. The zero-order chi connectivity index (χ0) is 24.6. The van der Waals surface area contributed by atoms with Crippen LogP contribution in [0.15, 0.2) is 41.2 Å². The molecule has 1 aliphatic heterocycles. The fourth-order valence-electron chi connectivity index (χ4n) is 4.49. The van der Waals surface area contributed by atoms with Crippen LogP contribution in [0.1, 0.15) is 36.8 Å². The smallest absolute Gasteiger partial charge is 0.227 e. The van der Waals surface area contributed by atoms with E-state index in [1.54, 1.807) is 12.4 Å². The van der Waals surface area contributed by atoms with Crippen molar-refractivity contribution < 1.29 is 4.52 Å². The van der Waals surface area contributed by atoms with Crippen molar-refractivity contribution in [1.29, 1.82) is 5.26 Å². The zero-order valence-electron chi connectivity index (χ0n) is 20.0. The molecule has 4 aromatic rings. The first kappa shape index (κ1) is 23.1. The van der Waals surface area contributed by atoms with E-state index in [1.165, 1.54) is 0 Å². The van der Waals surface area contributed by atoms with Crippen LogP contribution in [0.5, 0.6) is 0 Å². The van der Waals surface area contributed by atoms with Gasteiger partial charge < -0.3 is 14.7 Å². The summed E-state index contributed by atoms with van der Waals surface area (Å²) in [6.45, 7) is 7.87. The minimum absolute atomic E-state index is 0.294. The van der Waals surface area contributed by atoms with Gasteiger partial charge in [0.2, 0.25) is 5.95 Å². The monoisotopic (exact) mass is 487 g/mol. The van der Waals surface area contributed by atoms with Crippen molar-refractivity contribution in [2.75, 3.05) is 23.3 Å². The summed E-state index contributed by atoms with van der Waals surface area (Å²) in [4.78, 5) is 16.2. The van der Waals surface area contributed by atoms with Crippen LogP contribution in [0.4, 0.5) is 11.8 Å². The third-order valence-corrected chi connectivity index (χ3v) is 6.85. The lowest BCUT2D eigenvalue weighted by atomic mass is 9.82. The van der Waals surface area contributed by atoms with Gasteiger partial charge >= 0.3 is 0 Å². The summed E-state index contributed by atoms with van der Waals surface area (Å²) in [5, 5.41) is 18.6. The molecule has 1 fully saturated rings. The molecule has 0 amide bonds. The average Bonchev–Trinajstić information content (AvgIpc) is 3.20. The number of pyridine rings is 1. The lowest BCUT2D eigenvalue weighted by Crippen LogP contribution is -2.39. The Hall–Kier alpha value is -3.70. The number of anilines is 2. The molecule has 0 saturated carbocycles. The van der Waals surface area contributed by atoms with Crippen LogP contribution in [0, 0.1) is 30.6 Å². The molecule has 1 saturated heterocycles. The van der Waals surface area contributed by atoms with Gasteiger partial charge in [-0.05, 0) is 62.9 Å². The van der Waals surface area contributed by atoms with Gasteiger partial charge in [-0.1, -0.05) is 22.8 Å². The van der Waals surface area contributed by atoms with Gasteiger partial charge in [-0.15, -0.1) is 0 Å². The number of halogens is 1. The van der Waals surface area contributed by atoms with Crippen molar-refractivity contribution in [1.82, 2.24) is 20.1 Å². The Bertz CT molecular complexity index is 1410. The molecule has 0 atom stereocenters. The molecule has 0 spiro atoms. The van der Waals surface area contributed by atoms with E-state index in [0.29, 0.717) is 17.5 Å². The van der Waals surface area contributed by atoms with Crippen LogP contribution in [0.25, 0.3) is 22.0 Å². The summed E-state index contributed by atoms with van der Waals surface area (Å²) in [5.74, 6) is 2.16. The summed E-state index contributed by atoms with van der Waals surface area (Å²) in [6, 6.07) is 10.5. The predicted molar refractivity (Wildman–Crippen MR) is 136 cm³/mol.